The highest BCUT2D eigenvalue weighted by Crippen LogP contribution is 2.31. The molecule has 0 amide bonds. The van der Waals surface area contributed by atoms with Crippen molar-refractivity contribution in [1.29, 1.82) is 0 Å². The van der Waals surface area contributed by atoms with Crippen molar-refractivity contribution in [2.75, 3.05) is 19.8 Å². The number of hydrogen-bond acceptors (Lipinski definition) is 3. The number of rotatable bonds is 7. The fourth-order valence-electron chi connectivity index (χ4n) is 2.30. The molecule has 0 aromatic heterocycles. The Morgan fingerprint density at radius 3 is 2.75 bits per heavy atom. The molecule has 1 saturated heterocycles. The highest BCUT2D eigenvalue weighted by molar-refractivity contribution is 4.90. The smallest absolute Gasteiger partial charge is 0.0983 e. The minimum atomic E-state index is -0.378. The number of aliphatic hydroxyl groups is 1. The molecule has 0 bridgehead atoms. The summed E-state index contributed by atoms with van der Waals surface area (Å²) in [7, 11) is 0. The summed E-state index contributed by atoms with van der Waals surface area (Å²) in [5.74, 6) is 0. The van der Waals surface area contributed by atoms with E-state index in [9.17, 15) is 5.11 Å². The lowest BCUT2D eigenvalue weighted by Crippen LogP contribution is -2.49. The van der Waals surface area contributed by atoms with Crippen molar-refractivity contribution in [2.45, 2.75) is 50.7 Å². The van der Waals surface area contributed by atoms with Gasteiger partial charge in [-0.15, -0.1) is 6.58 Å². The maximum absolute atomic E-state index is 10.3. The molecule has 16 heavy (non-hydrogen) atoms. The van der Waals surface area contributed by atoms with E-state index in [1.54, 1.807) is 0 Å². The van der Waals surface area contributed by atoms with Crippen LogP contribution in [0.15, 0.2) is 12.7 Å². The van der Waals surface area contributed by atoms with Gasteiger partial charge in [-0.05, 0) is 26.2 Å². The van der Waals surface area contributed by atoms with Crippen LogP contribution in [0.4, 0.5) is 0 Å². The first-order valence-electron chi connectivity index (χ1n) is 6.26. The molecular formula is C13H24O3. The number of allylic oxidation sites excluding steroid dienone is 1. The molecule has 1 fully saturated rings. The summed E-state index contributed by atoms with van der Waals surface area (Å²) in [5, 5.41) is 10.3. The third kappa shape index (κ3) is 3.58. The van der Waals surface area contributed by atoms with Crippen LogP contribution in [-0.4, -0.2) is 36.6 Å². The SMILES string of the molecule is C=CCCCC(O)C1(OCC)CCOCC1. The summed E-state index contributed by atoms with van der Waals surface area (Å²) in [4.78, 5) is 0. The molecule has 1 aliphatic rings. The first kappa shape index (κ1) is 13.7. The molecule has 0 spiro atoms. The summed E-state index contributed by atoms with van der Waals surface area (Å²) >= 11 is 0. The molecule has 0 aromatic rings. The van der Waals surface area contributed by atoms with E-state index in [1.807, 2.05) is 13.0 Å². The largest absolute Gasteiger partial charge is 0.390 e. The minimum Gasteiger partial charge on any atom is -0.390 e. The second-order valence-corrected chi connectivity index (χ2v) is 4.35. The van der Waals surface area contributed by atoms with E-state index in [1.165, 1.54) is 0 Å². The Bertz CT molecular complexity index is 192. The molecule has 0 aliphatic carbocycles. The topological polar surface area (TPSA) is 38.7 Å². The highest BCUT2D eigenvalue weighted by atomic mass is 16.5. The van der Waals surface area contributed by atoms with Gasteiger partial charge in [0, 0.05) is 32.7 Å². The average molecular weight is 228 g/mol. The van der Waals surface area contributed by atoms with Crippen LogP contribution in [0.2, 0.25) is 0 Å². The first-order valence-corrected chi connectivity index (χ1v) is 6.26. The van der Waals surface area contributed by atoms with Gasteiger partial charge < -0.3 is 14.6 Å². The third-order valence-corrected chi connectivity index (χ3v) is 3.26. The molecule has 3 nitrogen and oxygen atoms in total. The molecule has 1 heterocycles. The molecule has 0 aromatic carbocycles. The standard InChI is InChI=1S/C13H24O3/c1-3-5-6-7-12(14)13(16-4-2)8-10-15-11-9-13/h3,12,14H,1,4-11H2,2H3. The molecule has 0 saturated carbocycles. The Labute approximate surface area is 98.4 Å². The van der Waals surface area contributed by atoms with Crippen LogP contribution >= 0.6 is 0 Å². The molecule has 0 radical (unpaired) electrons. The zero-order chi connectivity index (χ0) is 11.9. The van der Waals surface area contributed by atoms with E-state index in [0.29, 0.717) is 19.8 Å². The molecule has 1 unspecified atom stereocenters. The summed E-state index contributed by atoms with van der Waals surface area (Å²) in [6.07, 6.45) is 5.83. The number of hydrogen-bond donors (Lipinski definition) is 1. The van der Waals surface area contributed by atoms with Crippen LogP contribution in [-0.2, 0) is 9.47 Å². The number of ether oxygens (including phenoxy) is 2. The van der Waals surface area contributed by atoms with Crippen LogP contribution in [0.1, 0.15) is 39.0 Å². The van der Waals surface area contributed by atoms with E-state index in [2.05, 4.69) is 6.58 Å². The average Bonchev–Trinajstić information content (AvgIpc) is 2.31. The summed E-state index contributed by atoms with van der Waals surface area (Å²) in [6.45, 7) is 7.71. The van der Waals surface area contributed by atoms with Crippen LogP contribution < -0.4 is 0 Å². The number of unbranched alkanes of at least 4 members (excludes halogenated alkanes) is 1. The molecule has 1 rings (SSSR count). The summed E-state index contributed by atoms with van der Waals surface area (Å²) in [6, 6.07) is 0. The van der Waals surface area contributed by atoms with Gasteiger partial charge in [-0.3, -0.25) is 0 Å². The van der Waals surface area contributed by atoms with Crippen LogP contribution in [0.25, 0.3) is 0 Å². The van der Waals surface area contributed by atoms with Gasteiger partial charge in [-0.2, -0.15) is 0 Å². The van der Waals surface area contributed by atoms with Crippen molar-refractivity contribution in [3.63, 3.8) is 0 Å². The quantitative estimate of drug-likeness (QED) is 0.537. The van der Waals surface area contributed by atoms with Gasteiger partial charge in [0.15, 0.2) is 0 Å². The normalized spacial score (nSPS) is 21.6. The minimum absolute atomic E-state index is 0.367. The van der Waals surface area contributed by atoms with Crippen molar-refractivity contribution in [2.24, 2.45) is 0 Å². The van der Waals surface area contributed by atoms with E-state index >= 15 is 0 Å². The van der Waals surface area contributed by atoms with Crippen molar-refractivity contribution >= 4 is 0 Å². The second kappa shape index (κ2) is 7.05. The Hall–Kier alpha value is -0.380. The molecule has 94 valence electrons. The van der Waals surface area contributed by atoms with Gasteiger partial charge in [-0.1, -0.05) is 6.08 Å². The Balaban J connectivity index is 2.49. The molecule has 3 heteroatoms. The lowest BCUT2D eigenvalue weighted by molar-refractivity contribution is -0.167. The van der Waals surface area contributed by atoms with E-state index < -0.39 is 0 Å². The number of aliphatic hydroxyl groups excluding tert-OH is 1. The van der Waals surface area contributed by atoms with E-state index in [4.69, 9.17) is 9.47 Å². The van der Waals surface area contributed by atoms with Gasteiger partial charge in [0.1, 0.15) is 0 Å². The van der Waals surface area contributed by atoms with Crippen LogP contribution in [0.5, 0.6) is 0 Å². The van der Waals surface area contributed by atoms with Gasteiger partial charge in [-0.25, -0.2) is 0 Å². The third-order valence-electron chi connectivity index (χ3n) is 3.26. The first-order chi connectivity index (χ1) is 7.75. The molecule has 1 N–H and O–H groups in total. The van der Waals surface area contributed by atoms with Crippen LogP contribution in [0.3, 0.4) is 0 Å². The predicted octanol–water partition coefficient (Wildman–Crippen LogP) is 2.29. The van der Waals surface area contributed by atoms with Gasteiger partial charge in [0.2, 0.25) is 0 Å². The Morgan fingerprint density at radius 1 is 1.50 bits per heavy atom. The van der Waals surface area contributed by atoms with Crippen LogP contribution in [0, 0.1) is 0 Å². The predicted molar refractivity (Wildman–Crippen MR) is 64.5 cm³/mol. The summed E-state index contributed by atoms with van der Waals surface area (Å²) < 4.78 is 11.1. The lowest BCUT2D eigenvalue weighted by Gasteiger charge is -2.40. The molecule has 1 aliphatic heterocycles. The lowest BCUT2D eigenvalue weighted by atomic mass is 9.85. The second-order valence-electron chi connectivity index (χ2n) is 4.35. The van der Waals surface area contributed by atoms with Gasteiger partial charge in [0.25, 0.3) is 0 Å². The fourth-order valence-corrected chi connectivity index (χ4v) is 2.30. The summed E-state index contributed by atoms with van der Waals surface area (Å²) in [5.41, 5.74) is -0.367. The maximum atomic E-state index is 10.3. The molecular weight excluding hydrogens is 204 g/mol. The van der Waals surface area contributed by atoms with E-state index in [0.717, 1.165) is 32.1 Å². The molecule has 1 atom stereocenters. The van der Waals surface area contributed by atoms with Crippen molar-refractivity contribution in [1.82, 2.24) is 0 Å². The zero-order valence-electron chi connectivity index (χ0n) is 10.3. The highest BCUT2D eigenvalue weighted by Gasteiger charge is 2.39. The fraction of sp³-hybridized carbons (Fsp3) is 0.846. The van der Waals surface area contributed by atoms with Crippen molar-refractivity contribution in [3.8, 4) is 0 Å². The monoisotopic (exact) mass is 228 g/mol. The van der Waals surface area contributed by atoms with Crippen molar-refractivity contribution in [3.05, 3.63) is 12.7 Å². The Morgan fingerprint density at radius 2 is 2.19 bits per heavy atom. The van der Waals surface area contributed by atoms with Gasteiger partial charge in [0.05, 0.1) is 11.7 Å². The zero-order valence-corrected chi connectivity index (χ0v) is 10.3. The van der Waals surface area contributed by atoms with Gasteiger partial charge >= 0.3 is 0 Å². The Kier molecular flexibility index (Phi) is 6.03. The van der Waals surface area contributed by atoms with E-state index in [-0.39, 0.29) is 11.7 Å². The maximum Gasteiger partial charge on any atom is 0.0983 e. The van der Waals surface area contributed by atoms with Crippen molar-refractivity contribution < 1.29 is 14.6 Å².